The van der Waals surface area contributed by atoms with Crippen molar-refractivity contribution in [1.29, 1.82) is 5.26 Å². The van der Waals surface area contributed by atoms with E-state index in [-0.39, 0.29) is 48.1 Å². The van der Waals surface area contributed by atoms with Gasteiger partial charge in [-0.3, -0.25) is 15.0 Å². The van der Waals surface area contributed by atoms with Crippen LogP contribution in [0.5, 0.6) is 0 Å². The van der Waals surface area contributed by atoms with E-state index in [1.807, 2.05) is 6.07 Å². The number of rotatable bonds is 4. The SMILES string of the molecule is CN(C(=O)C1(C#N)CCS(=O)(=O)CC1)[C@@H](C1CCC(N2CCCC3C2CNC2CC(Cl)NN23)CC1)C(F)(F)F. The normalized spacial score (nSPS) is 37.7. The average Bonchev–Trinajstić information content (AvgIpc) is 3.29. The molecule has 5 aliphatic rings. The zero-order chi connectivity index (χ0) is 28.2. The Morgan fingerprint density at radius 2 is 1.82 bits per heavy atom. The molecule has 2 N–H and O–H groups in total. The van der Waals surface area contributed by atoms with Crippen LogP contribution >= 0.6 is 11.6 Å². The van der Waals surface area contributed by atoms with Crippen molar-refractivity contribution < 1.29 is 26.4 Å². The summed E-state index contributed by atoms with van der Waals surface area (Å²) in [6.45, 7) is 1.74. The first kappa shape index (κ1) is 29.3. The van der Waals surface area contributed by atoms with Crippen molar-refractivity contribution in [3.05, 3.63) is 0 Å². The van der Waals surface area contributed by atoms with E-state index in [9.17, 15) is 31.6 Å². The molecule has 0 aromatic heterocycles. The quantitative estimate of drug-likeness (QED) is 0.377. The van der Waals surface area contributed by atoms with Crippen LogP contribution in [-0.4, -0.2) is 103 Å². The summed E-state index contributed by atoms with van der Waals surface area (Å²) in [4.78, 5) is 16.5. The van der Waals surface area contributed by atoms with Crippen LogP contribution in [0.25, 0.3) is 0 Å². The molecule has 4 aliphatic heterocycles. The highest BCUT2D eigenvalue weighted by Gasteiger charge is 2.55. The third-order valence-electron chi connectivity index (χ3n) is 9.79. The molecule has 0 aromatic rings. The minimum absolute atomic E-state index is 0.107. The highest BCUT2D eigenvalue weighted by atomic mass is 35.5. The van der Waals surface area contributed by atoms with E-state index in [1.54, 1.807) is 0 Å². The summed E-state index contributed by atoms with van der Waals surface area (Å²) in [7, 11) is -2.27. The Morgan fingerprint density at radius 1 is 1.15 bits per heavy atom. The highest BCUT2D eigenvalue weighted by Crippen LogP contribution is 2.43. The molecule has 5 atom stereocenters. The van der Waals surface area contributed by atoms with E-state index in [0.717, 1.165) is 39.4 Å². The molecule has 0 aromatic carbocycles. The van der Waals surface area contributed by atoms with Gasteiger partial charge in [0.05, 0.1) is 29.2 Å². The maximum Gasteiger partial charge on any atom is 0.409 e. The number of hydrogen-bond acceptors (Lipinski definition) is 8. The summed E-state index contributed by atoms with van der Waals surface area (Å²) in [6.07, 6.45) is -0.217. The molecule has 0 bridgehead atoms. The van der Waals surface area contributed by atoms with Gasteiger partial charge in [-0.1, -0.05) is 0 Å². The lowest BCUT2D eigenvalue weighted by atomic mass is 9.77. The van der Waals surface area contributed by atoms with Crippen molar-refractivity contribution in [1.82, 2.24) is 25.6 Å². The highest BCUT2D eigenvalue weighted by molar-refractivity contribution is 7.91. The standard InChI is InChI=1S/C25H38ClF3N6O3S/c1-33(23(36)24(15-30)8-11-39(37,38)12-9-24)22(25(27,28)29)16-4-6-17(7-5-16)34-10-2-3-18-19(34)14-31-21-13-20(26)32-35(18)21/h16-22,31-32H,2-14H2,1H3/t16?,17?,18?,19?,20?,21?,22-/m0/s1. The number of alkyl halides is 4. The van der Waals surface area contributed by atoms with Gasteiger partial charge in [0, 0.05) is 38.1 Å². The molecule has 14 heteroatoms. The molecule has 0 spiro atoms. The fraction of sp³-hybridized carbons (Fsp3) is 0.920. The van der Waals surface area contributed by atoms with Crippen LogP contribution in [0.3, 0.4) is 0 Å². The van der Waals surface area contributed by atoms with Crippen molar-refractivity contribution in [2.24, 2.45) is 11.3 Å². The third kappa shape index (κ3) is 5.66. The number of carbonyl (C=O) groups excluding carboxylic acids is 1. The van der Waals surface area contributed by atoms with Crippen molar-refractivity contribution in [3.63, 3.8) is 0 Å². The number of sulfone groups is 1. The van der Waals surface area contributed by atoms with Gasteiger partial charge in [-0.25, -0.2) is 18.9 Å². The Morgan fingerprint density at radius 3 is 2.44 bits per heavy atom. The first-order valence-electron chi connectivity index (χ1n) is 14.0. The van der Waals surface area contributed by atoms with Gasteiger partial charge in [-0.15, -0.1) is 11.6 Å². The minimum atomic E-state index is -4.66. The third-order valence-corrected chi connectivity index (χ3v) is 11.7. The number of carbonyl (C=O) groups is 1. The summed E-state index contributed by atoms with van der Waals surface area (Å²) < 4.78 is 67.1. The molecule has 1 amide bonds. The van der Waals surface area contributed by atoms with Gasteiger partial charge in [0.1, 0.15) is 21.3 Å². The van der Waals surface area contributed by atoms with Gasteiger partial charge >= 0.3 is 6.18 Å². The Kier molecular flexibility index (Phi) is 8.20. The van der Waals surface area contributed by atoms with E-state index in [0.29, 0.717) is 36.6 Å². The molecular formula is C25H38ClF3N6O3S. The molecule has 1 saturated carbocycles. The lowest BCUT2D eigenvalue weighted by molar-refractivity contribution is -0.204. The Balaban J connectivity index is 1.26. The molecule has 5 rings (SSSR count). The molecule has 4 heterocycles. The topological polar surface area (TPSA) is 109 Å². The van der Waals surface area contributed by atoms with E-state index < -0.39 is 39.3 Å². The van der Waals surface area contributed by atoms with Crippen LogP contribution in [-0.2, 0) is 14.6 Å². The number of fused-ring (bicyclic) bond motifs is 3. The maximum absolute atomic E-state index is 14.4. The number of likely N-dealkylation sites (tertiary alicyclic amines) is 1. The summed E-state index contributed by atoms with van der Waals surface area (Å²) in [5, 5.41) is 15.6. The fourth-order valence-corrected chi connectivity index (χ4v) is 9.55. The van der Waals surface area contributed by atoms with Crippen LogP contribution in [0.2, 0.25) is 0 Å². The van der Waals surface area contributed by atoms with Crippen molar-refractivity contribution in [2.45, 2.75) is 99.8 Å². The molecule has 1 aliphatic carbocycles. The van der Waals surface area contributed by atoms with Gasteiger partial charge in [0.2, 0.25) is 5.91 Å². The number of hydrazine groups is 1. The first-order valence-corrected chi connectivity index (χ1v) is 16.2. The number of nitrogens with one attached hydrogen (secondary N) is 2. The number of amides is 1. The fourth-order valence-electron chi connectivity index (χ4n) is 7.75. The van der Waals surface area contributed by atoms with Crippen LogP contribution in [0.4, 0.5) is 13.2 Å². The molecule has 0 radical (unpaired) electrons. The minimum Gasteiger partial charge on any atom is -0.332 e. The summed E-state index contributed by atoms with van der Waals surface area (Å²) in [6, 6.07) is 0.616. The first-order chi connectivity index (χ1) is 18.3. The Labute approximate surface area is 233 Å². The van der Waals surface area contributed by atoms with Crippen molar-refractivity contribution in [3.8, 4) is 6.07 Å². The van der Waals surface area contributed by atoms with Gasteiger partial charge in [0.15, 0.2) is 0 Å². The van der Waals surface area contributed by atoms with Crippen LogP contribution in [0.1, 0.15) is 57.8 Å². The van der Waals surface area contributed by atoms with E-state index in [4.69, 9.17) is 11.6 Å². The van der Waals surface area contributed by atoms with E-state index in [1.165, 1.54) is 0 Å². The Bertz CT molecular complexity index is 1070. The Hall–Kier alpha value is -1.17. The van der Waals surface area contributed by atoms with Crippen molar-refractivity contribution >= 4 is 27.3 Å². The molecule has 220 valence electrons. The van der Waals surface area contributed by atoms with E-state index >= 15 is 0 Å². The molecule has 39 heavy (non-hydrogen) atoms. The second-order valence-corrected chi connectivity index (χ2v) is 14.8. The number of nitrogens with zero attached hydrogens (tertiary/aromatic N) is 4. The number of nitriles is 1. The van der Waals surface area contributed by atoms with Gasteiger partial charge in [-0.2, -0.15) is 18.4 Å². The number of halogens is 4. The predicted molar refractivity (Wildman–Crippen MR) is 139 cm³/mol. The molecule has 4 unspecified atom stereocenters. The molecule has 5 fully saturated rings. The zero-order valence-corrected chi connectivity index (χ0v) is 23.7. The van der Waals surface area contributed by atoms with Gasteiger partial charge in [-0.05, 0) is 63.8 Å². The zero-order valence-electron chi connectivity index (χ0n) is 22.2. The molecule has 9 nitrogen and oxygen atoms in total. The van der Waals surface area contributed by atoms with Crippen LogP contribution in [0.15, 0.2) is 0 Å². The maximum atomic E-state index is 14.4. The largest absolute Gasteiger partial charge is 0.409 e. The van der Waals surface area contributed by atoms with Crippen molar-refractivity contribution in [2.75, 3.05) is 31.6 Å². The predicted octanol–water partition coefficient (Wildman–Crippen LogP) is 2.19. The summed E-state index contributed by atoms with van der Waals surface area (Å²) in [5.41, 5.74) is 1.53. The summed E-state index contributed by atoms with van der Waals surface area (Å²) >= 11 is 6.34. The van der Waals surface area contributed by atoms with Crippen LogP contribution < -0.4 is 10.7 Å². The van der Waals surface area contributed by atoms with Gasteiger partial charge < -0.3 is 4.90 Å². The lowest BCUT2D eigenvalue weighted by Gasteiger charge is -2.53. The second-order valence-electron chi connectivity index (χ2n) is 12.0. The number of hydrogen-bond donors (Lipinski definition) is 2. The molecule has 4 saturated heterocycles. The van der Waals surface area contributed by atoms with Crippen LogP contribution in [0, 0.1) is 22.7 Å². The second kappa shape index (κ2) is 10.9. The summed E-state index contributed by atoms with van der Waals surface area (Å²) in [5.74, 6) is -2.42. The molecular weight excluding hydrogens is 557 g/mol. The average molecular weight is 595 g/mol. The van der Waals surface area contributed by atoms with Gasteiger partial charge in [0.25, 0.3) is 0 Å². The number of piperidine rings is 1. The smallest absolute Gasteiger partial charge is 0.332 e. The lowest BCUT2D eigenvalue weighted by Crippen LogP contribution is -2.70. The monoisotopic (exact) mass is 594 g/mol. The van der Waals surface area contributed by atoms with E-state index in [2.05, 4.69) is 20.7 Å².